The summed E-state index contributed by atoms with van der Waals surface area (Å²) < 4.78 is 0. The number of carbonyl (C=O) groups excluding carboxylic acids is 1. The van der Waals surface area contributed by atoms with Gasteiger partial charge in [0.25, 0.3) is 5.91 Å². The van der Waals surface area contributed by atoms with Crippen molar-refractivity contribution in [2.45, 2.75) is 25.6 Å². The van der Waals surface area contributed by atoms with Gasteiger partial charge in [0.15, 0.2) is 0 Å². The third kappa shape index (κ3) is 4.41. The van der Waals surface area contributed by atoms with Crippen molar-refractivity contribution in [3.63, 3.8) is 0 Å². The summed E-state index contributed by atoms with van der Waals surface area (Å²) in [6.45, 7) is 2.75. The first-order valence-electron chi connectivity index (χ1n) is 8.27. The van der Waals surface area contributed by atoms with Gasteiger partial charge in [-0.1, -0.05) is 24.3 Å². The van der Waals surface area contributed by atoms with E-state index in [1.807, 2.05) is 30.3 Å². The summed E-state index contributed by atoms with van der Waals surface area (Å²) in [6.07, 6.45) is 1.96. The van der Waals surface area contributed by atoms with Gasteiger partial charge in [-0.05, 0) is 29.7 Å². The average molecular weight is 336 g/mol. The van der Waals surface area contributed by atoms with Gasteiger partial charge in [0.05, 0.1) is 11.7 Å². The number of carbonyl (C=O) groups is 1. The highest BCUT2D eigenvalue weighted by Crippen LogP contribution is 2.16. The van der Waals surface area contributed by atoms with Crippen molar-refractivity contribution < 1.29 is 9.90 Å². The summed E-state index contributed by atoms with van der Waals surface area (Å²) >= 11 is 0. The van der Waals surface area contributed by atoms with Crippen molar-refractivity contribution in [3.05, 3.63) is 65.0 Å². The molecule has 2 heterocycles. The monoisotopic (exact) mass is 336 g/mol. The fraction of sp³-hybridized carbons (Fsp3) is 0.316. The molecule has 0 aliphatic carbocycles. The Hall–Kier alpha value is -2.75. The summed E-state index contributed by atoms with van der Waals surface area (Å²) in [7, 11) is 0. The van der Waals surface area contributed by atoms with Crippen LogP contribution in [0.5, 0.6) is 0 Å². The largest absolute Gasteiger partial charge is 0.392 e. The van der Waals surface area contributed by atoms with Crippen LogP contribution in [0.4, 0.5) is 0 Å². The number of nitrogens with zero attached hydrogens (tertiary/aromatic N) is 3. The molecule has 1 amide bonds. The first-order valence-corrected chi connectivity index (χ1v) is 8.27. The highest BCUT2D eigenvalue weighted by Gasteiger charge is 2.20. The number of hydrogen-bond acceptors (Lipinski definition) is 5. The fourth-order valence-corrected chi connectivity index (χ4v) is 2.94. The molecule has 1 aliphatic rings. The Morgan fingerprint density at radius 3 is 2.76 bits per heavy atom. The van der Waals surface area contributed by atoms with E-state index in [1.54, 1.807) is 12.1 Å². The highest BCUT2D eigenvalue weighted by molar-refractivity contribution is 5.92. The molecule has 2 N–H and O–H groups in total. The van der Waals surface area contributed by atoms with E-state index >= 15 is 0 Å². The Balaban J connectivity index is 1.62. The van der Waals surface area contributed by atoms with Crippen LogP contribution in [0.2, 0.25) is 0 Å². The van der Waals surface area contributed by atoms with E-state index in [-0.39, 0.29) is 12.0 Å². The third-order valence-electron chi connectivity index (χ3n) is 4.32. The topological polar surface area (TPSA) is 89.2 Å². The molecule has 6 heteroatoms. The number of amides is 1. The van der Waals surface area contributed by atoms with E-state index in [0.717, 1.165) is 30.6 Å². The normalized spacial score (nSPS) is 17.2. The van der Waals surface area contributed by atoms with Crippen molar-refractivity contribution in [2.24, 2.45) is 0 Å². The van der Waals surface area contributed by atoms with E-state index < -0.39 is 0 Å². The van der Waals surface area contributed by atoms with Gasteiger partial charge in [-0.25, -0.2) is 4.98 Å². The van der Waals surface area contributed by atoms with Crippen LogP contribution >= 0.6 is 0 Å². The van der Waals surface area contributed by atoms with Crippen molar-refractivity contribution in [2.75, 3.05) is 13.1 Å². The third-order valence-corrected chi connectivity index (χ3v) is 4.32. The van der Waals surface area contributed by atoms with Crippen LogP contribution in [0.15, 0.2) is 42.6 Å². The second-order valence-corrected chi connectivity index (χ2v) is 6.17. The van der Waals surface area contributed by atoms with Gasteiger partial charge in [-0.15, -0.1) is 0 Å². The molecule has 0 spiro atoms. The summed E-state index contributed by atoms with van der Waals surface area (Å²) in [6, 6.07) is 13.1. The molecule has 25 heavy (non-hydrogen) atoms. The van der Waals surface area contributed by atoms with Crippen LogP contribution in [0.3, 0.4) is 0 Å². The number of pyridine rings is 1. The smallest absolute Gasteiger partial charge is 0.270 e. The molecule has 0 radical (unpaired) electrons. The number of aromatic nitrogens is 1. The fourth-order valence-electron chi connectivity index (χ4n) is 2.94. The van der Waals surface area contributed by atoms with E-state index in [1.165, 1.54) is 6.20 Å². The van der Waals surface area contributed by atoms with E-state index in [0.29, 0.717) is 24.3 Å². The predicted octanol–water partition coefficient (Wildman–Crippen LogP) is 1.45. The molecule has 0 saturated carbocycles. The van der Waals surface area contributed by atoms with E-state index in [2.05, 4.69) is 15.2 Å². The Labute approximate surface area is 146 Å². The van der Waals surface area contributed by atoms with Crippen molar-refractivity contribution in [1.82, 2.24) is 15.2 Å². The molecule has 0 unspecified atom stereocenters. The van der Waals surface area contributed by atoms with Crippen molar-refractivity contribution in [3.8, 4) is 6.07 Å². The lowest BCUT2D eigenvalue weighted by Gasteiger charge is -2.18. The van der Waals surface area contributed by atoms with Crippen molar-refractivity contribution in [1.29, 1.82) is 5.26 Å². The minimum absolute atomic E-state index is 0.241. The number of rotatable bonds is 5. The number of aliphatic hydroxyl groups excluding tert-OH is 1. The first-order chi connectivity index (χ1) is 12.2. The maximum Gasteiger partial charge on any atom is 0.270 e. The van der Waals surface area contributed by atoms with Crippen molar-refractivity contribution >= 4 is 5.91 Å². The molecule has 1 saturated heterocycles. The van der Waals surface area contributed by atoms with Gasteiger partial charge in [0.1, 0.15) is 11.8 Å². The highest BCUT2D eigenvalue weighted by atomic mass is 16.3. The Bertz CT molecular complexity index is 783. The molecule has 1 atom stereocenters. The standard InChI is InChI=1S/C19H20N4O2/c20-9-14-5-6-18(21-10-14)19(25)22-11-15-3-1-2-4-16(15)12-23-8-7-17(24)13-23/h1-6,10,17,24H,7-8,11-13H2,(H,22,25)/t17-/m1/s1. The molecule has 6 nitrogen and oxygen atoms in total. The van der Waals surface area contributed by atoms with Crippen LogP contribution in [-0.2, 0) is 13.1 Å². The van der Waals surface area contributed by atoms with Gasteiger partial charge < -0.3 is 10.4 Å². The van der Waals surface area contributed by atoms with Crippen LogP contribution in [0.1, 0.15) is 33.6 Å². The van der Waals surface area contributed by atoms with Gasteiger partial charge >= 0.3 is 0 Å². The molecule has 1 aromatic carbocycles. The Morgan fingerprint density at radius 2 is 2.12 bits per heavy atom. The first kappa shape index (κ1) is 17.1. The molecular formula is C19H20N4O2. The number of β-amino-alcohol motifs (C(OH)–C–C–N with tert-alkyl or cyclic N) is 1. The van der Waals surface area contributed by atoms with Gasteiger partial charge in [0, 0.05) is 32.4 Å². The number of nitriles is 1. The molecule has 1 fully saturated rings. The minimum Gasteiger partial charge on any atom is -0.392 e. The number of likely N-dealkylation sites (tertiary alicyclic amines) is 1. The van der Waals surface area contributed by atoms with Crippen LogP contribution in [0.25, 0.3) is 0 Å². The van der Waals surface area contributed by atoms with Gasteiger partial charge in [0.2, 0.25) is 0 Å². The zero-order chi connectivity index (χ0) is 17.6. The molecule has 1 aromatic heterocycles. The maximum atomic E-state index is 12.2. The number of benzene rings is 1. The second-order valence-electron chi connectivity index (χ2n) is 6.17. The van der Waals surface area contributed by atoms with Gasteiger partial charge in [-0.3, -0.25) is 9.69 Å². The second kappa shape index (κ2) is 7.88. The molecule has 3 rings (SSSR count). The SMILES string of the molecule is N#Cc1ccc(C(=O)NCc2ccccc2CN2CC[C@@H](O)C2)nc1. The zero-order valence-electron chi connectivity index (χ0n) is 13.9. The van der Waals surface area contributed by atoms with E-state index in [9.17, 15) is 9.90 Å². The Morgan fingerprint density at radius 1 is 1.32 bits per heavy atom. The quantitative estimate of drug-likeness (QED) is 0.863. The van der Waals surface area contributed by atoms with Crippen LogP contribution in [-0.4, -0.2) is 40.1 Å². The zero-order valence-corrected chi connectivity index (χ0v) is 13.9. The summed E-state index contributed by atoms with van der Waals surface area (Å²) in [5.74, 6) is -0.268. The average Bonchev–Trinajstić information content (AvgIpc) is 3.05. The lowest BCUT2D eigenvalue weighted by Crippen LogP contribution is -2.26. The van der Waals surface area contributed by atoms with E-state index in [4.69, 9.17) is 5.26 Å². The predicted molar refractivity (Wildman–Crippen MR) is 92.5 cm³/mol. The maximum absolute atomic E-state index is 12.2. The molecule has 0 bridgehead atoms. The summed E-state index contributed by atoms with van der Waals surface area (Å²) in [5.41, 5.74) is 2.91. The lowest BCUT2D eigenvalue weighted by atomic mass is 10.1. The number of aliphatic hydroxyl groups is 1. The van der Waals surface area contributed by atoms with Crippen LogP contribution < -0.4 is 5.32 Å². The number of hydrogen-bond donors (Lipinski definition) is 2. The number of nitrogens with one attached hydrogen (secondary N) is 1. The molecule has 128 valence electrons. The molecule has 2 aromatic rings. The van der Waals surface area contributed by atoms with Crippen LogP contribution in [0, 0.1) is 11.3 Å². The Kier molecular flexibility index (Phi) is 5.39. The lowest BCUT2D eigenvalue weighted by molar-refractivity contribution is 0.0946. The van der Waals surface area contributed by atoms with Gasteiger partial charge in [-0.2, -0.15) is 5.26 Å². The molecule has 1 aliphatic heterocycles. The summed E-state index contributed by atoms with van der Waals surface area (Å²) in [5, 5.41) is 21.3. The minimum atomic E-state index is -0.268. The molecular weight excluding hydrogens is 316 g/mol. The summed E-state index contributed by atoms with van der Waals surface area (Å²) in [4.78, 5) is 18.4.